The third kappa shape index (κ3) is 5.85. The van der Waals surface area contributed by atoms with Crippen molar-refractivity contribution in [2.45, 2.75) is 31.8 Å². The van der Waals surface area contributed by atoms with Gasteiger partial charge in [0.25, 0.3) is 5.88 Å². The molecule has 0 bridgehead atoms. The van der Waals surface area contributed by atoms with Crippen LogP contribution in [0, 0.1) is 17.6 Å². The molecule has 1 amide bonds. The van der Waals surface area contributed by atoms with E-state index in [9.17, 15) is 18.4 Å². The van der Waals surface area contributed by atoms with Gasteiger partial charge in [-0.2, -0.15) is 0 Å². The summed E-state index contributed by atoms with van der Waals surface area (Å²) in [6.45, 7) is 0. The predicted molar refractivity (Wildman–Crippen MR) is 121 cm³/mol. The monoisotopic (exact) mass is 503 g/mol. The maximum absolute atomic E-state index is 13.3. The highest BCUT2D eigenvalue weighted by Crippen LogP contribution is 2.33. The molecule has 0 radical (unpaired) electrons. The van der Waals surface area contributed by atoms with E-state index in [2.05, 4.69) is 25.8 Å². The van der Waals surface area contributed by atoms with Crippen LogP contribution in [0.5, 0.6) is 11.6 Å². The molecule has 2 aromatic heterocycles. The predicted octanol–water partition coefficient (Wildman–Crippen LogP) is 3.86. The number of esters is 1. The van der Waals surface area contributed by atoms with Crippen molar-refractivity contribution < 1.29 is 37.0 Å². The standard InChI is InChI=1S/C23H23F2N5O6/c1-33-18-10-14(11-26-20(18)35-15-6-3-12(4-7-15)22(32)34-2)27-19(31)21-29-30-23(36-21)28-13-5-8-16(24)17(25)9-13/h5,8-12,15H,3-4,6-7H2,1-2H3,(H,27,31)(H,28,30). The number of amides is 1. The van der Waals surface area contributed by atoms with Gasteiger partial charge in [-0.15, -0.1) is 5.10 Å². The van der Waals surface area contributed by atoms with Gasteiger partial charge in [-0.05, 0) is 37.8 Å². The van der Waals surface area contributed by atoms with Gasteiger partial charge in [-0.1, -0.05) is 5.10 Å². The Labute approximate surface area is 204 Å². The molecule has 0 spiro atoms. The normalized spacial score (nSPS) is 17.2. The number of carbonyl (C=O) groups excluding carboxylic acids is 2. The Kier molecular flexibility index (Phi) is 7.56. The first kappa shape index (κ1) is 24.8. The molecular weight excluding hydrogens is 480 g/mol. The Hall–Kier alpha value is -4.29. The van der Waals surface area contributed by atoms with Crippen LogP contribution in [0.3, 0.4) is 0 Å². The number of pyridine rings is 1. The maximum atomic E-state index is 13.3. The summed E-state index contributed by atoms with van der Waals surface area (Å²) < 4.78 is 47.8. The van der Waals surface area contributed by atoms with E-state index in [4.69, 9.17) is 18.6 Å². The minimum absolute atomic E-state index is 0.125. The molecule has 1 saturated carbocycles. The fraction of sp³-hybridized carbons (Fsp3) is 0.348. The third-order valence-electron chi connectivity index (χ3n) is 5.57. The largest absolute Gasteiger partial charge is 0.491 e. The van der Waals surface area contributed by atoms with E-state index in [0.29, 0.717) is 31.4 Å². The topological polar surface area (TPSA) is 138 Å². The number of anilines is 3. The second-order valence-electron chi connectivity index (χ2n) is 7.97. The summed E-state index contributed by atoms with van der Waals surface area (Å²) in [4.78, 5) is 28.4. The number of halogens is 2. The minimum atomic E-state index is -1.06. The molecule has 11 nitrogen and oxygen atoms in total. The van der Waals surface area contributed by atoms with Crippen LogP contribution < -0.4 is 20.1 Å². The maximum Gasteiger partial charge on any atom is 0.320 e. The fourth-order valence-electron chi connectivity index (χ4n) is 3.72. The summed E-state index contributed by atoms with van der Waals surface area (Å²) >= 11 is 0. The number of hydrogen-bond acceptors (Lipinski definition) is 10. The van der Waals surface area contributed by atoms with Gasteiger partial charge in [0.15, 0.2) is 17.4 Å². The van der Waals surface area contributed by atoms with Crippen LogP contribution in [0.15, 0.2) is 34.9 Å². The van der Waals surface area contributed by atoms with Gasteiger partial charge in [0, 0.05) is 17.8 Å². The summed E-state index contributed by atoms with van der Waals surface area (Å²) in [5.41, 5.74) is 0.444. The zero-order chi connectivity index (χ0) is 25.7. The second kappa shape index (κ2) is 11.0. The molecule has 0 saturated heterocycles. The van der Waals surface area contributed by atoms with Crippen LogP contribution in [0.4, 0.5) is 26.2 Å². The third-order valence-corrected chi connectivity index (χ3v) is 5.57. The molecule has 4 rings (SSSR count). The molecule has 0 atom stereocenters. The summed E-state index contributed by atoms with van der Waals surface area (Å²) in [6.07, 6.45) is 3.90. The van der Waals surface area contributed by atoms with E-state index in [1.165, 1.54) is 32.5 Å². The summed E-state index contributed by atoms with van der Waals surface area (Å²) in [7, 11) is 2.82. The van der Waals surface area contributed by atoms with Gasteiger partial charge < -0.3 is 29.3 Å². The van der Waals surface area contributed by atoms with Crippen LogP contribution in [-0.4, -0.2) is 47.4 Å². The molecule has 2 N–H and O–H groups in total. The van der Waals surface area contributed by atoms with Crippen LogP contribution in [0.2, 0.25) is 0 Å². The number of aromatic nitrogens is 3. The number of nitrogens with zero attached hydrogens (tertiary/aromatic N) is 3. The summed E-state index contributed by atoms with van der Waals surface area (Å²) in [5.74, 6) is -2.93. The van der Waals surface area contributed by atoms with E-state index in [1.807, 2.05) is 0 Å². The number of methoxy groups -OCH3 is 2. The van der Waals surface area contributed by atoms with Crippen molar-refractivity contribution in [1.82, 2.24) is 15.2 Å². The second-order valence-corrected chi connectivity index (χ2v) is 7.97. The Balaban J connectivity index is 1.36. The van der Waals surface area contributed by atoms with Gasteiger partial charge in [0.1, 0.15) is 6.10 Å². The fourth-order valence-corrected chi connectivity index (χ4v) is 3.72. The highest BCUT2D eigenvalue weighted by Gasteiger charge is 2.28. The number of rotatable bonds is 8. The van der Waals surface area contributed by atoms with Crippen LogP contribution in [0.1, 0.15) is 36.4 Å². The Morgan fingerprint density at radius 2 is 1.81 bits per heavy atom. The molecule has 190 valence electrons. The first-order valence-corrected chi connectivity index (χ1v) is 11.0. The quantitative estimate of drug-likeness (QED) is 0.436. The van der Waals surface area contributed by atoms with Crippen molar-refractivity contribution in [1.29, 1.82) is 0 Å². The molecule has 0 aliphatic heterocycles. The molecule has 1 aliphatic rings. The van der Waals surface area contributed by atoms with Crippen LogP contribution >= 0.6 is 0 Å². The smallest absolute Gasteiger partial charge is 0.320 e. The molecule has 3 aromatic rings. The first-order valence-electron chi connectivity index (χ1n) is 11.0. The molecular formula is C23H23F2N5O6. The summed E-state index contributed by atoms with van der Waals surface area (Å²) in [6, 6.07) is 4.45. The van der Waals surface area contributed by atoms with E-state index in [0.717, 1.165) is 12.1 Å². The molecule has 1 aromatic carbocycles. The molecule has 36 heavy (non-hydrogen) atoms. The van der Waals surface area contributed by atoms with Crippen molar-refractivity contribution in [3.63, 3.8) is 0 Å². The highest BCUT2D eigenvalue weighted by atomic mass is 19.2. The van der Waals surface area contributed by atoms with Gasteiger partial charge in [0.2, 0.25) is 0 Å². The number of carbonyl (C=O) groups is 2. The summed E-state index contributed by atoms with van der Waals surface area (Å²) in [5, 5.41) is 12.5. The van der Waals surface area contributed by atoms with Crippen molar-refractivity contribution in [2.24, 2.45) is 5.92 Å². The van der Waals surface area contributed by atoms with E-state index < -0.39 is 17.5 Å². The van der Waals surface area contributed by atoms with Crippen molar-refractivity contribution in [3.8, 4) is 11.6 Å². The van der Waals surface area contributed by atoms with Crippen LogP contribution in [-0.2, 0) is 9.53 Å². The molecule has 1 aliphatic carbocycles. The van der Waals surface area contributed by atoms with Crippen molar-refractivity contribution >= 4 is 29.3 Å². The molecule has 2 heterocycles. The number of benzene rings is 1. The lowest BCUT2D eigenvalue weighted by atomic mass is 9.87. The lowest BCUT2D eigenvalue weighted by Gasteiger charge is -2.27. The Bertz CT molecular complexity index is 1250. The SMILES string of the molecule is COC(=O)C1CCC(Oc2ncc(NC(=O)c3nnc(Nc4ccc(F)c(F)c4)o3)cc2OC)CC1. The van der Waals surface area contributed by atoms with E-state index in [1.54, 1.807) is 0 Å². The lowest BCUT2D eigenvalue weighted by molar-refractivity contribution is -0.147. The number of nitrogens with one attached hydrogen (secondary N) is 2. The molecule has 13 heteroatoms. The molecule has 1 fully saturated rings. The highest BCUT2D eigenvalue weighted by molar-refractivity contribution is 6.01. The zero-order valence-electron chi connectivity index (χ0n) is 19.4. The van der Waals surface area contributed by atoms with Crippen molar-refractivity contribution in [2.75, 3.05) is 24.9 Å². The average Bonchev–Trinajstić information content (AvgIpc) is 3.35. The van der Waals surface area contributed by atoms with Gasteiger partial charge in [-0.3, -0.25) is 9.59 Å². The van der Waals surface area contributed by atoms with E-state index >= 15 is 0 Å². The minimum Gasteiger partial charge on any atom is -0.491 e. The van der Waals surface area contributed by atoms with Gasteiger partial charge >= 0.3 is 23.8 Å². The Morgan fingerprint density at radius 1 is 1.03 bits per heavy atom. The van der Waals surface area contributed by atoms with Gasteiger partial charge in [-0.25, -0.2) is 13.8 Å². The van der Waals surface area contributed by atoms with Crippen molar-refractivity contribution in [3.05, 3.63) is 48.0 Å². The van der Waals surface area contributed by atoms with E-state index in [-0.39, 0.29) is 47.2 Å². The molecule has 0 unspecified atom stereocenters. The lowest BCUT2D eigenvalue weighted by Crippen LogP contribution is -2.28. The van der Waals surface area contributed by atoms with Gasteiger partial charge in [0.05, 0.1) is 32.0 Å². The first-order chi connectivity index (χ1) is 17.4. The Morgan fingerprint density at radius 3 is 2.50 bits per heavy atom. The number of ether oxygens (including phenoxy) is 3. The van der Waals surface area contributed by atoms with Crippen LogP contribution in [0.25, 0.3) is 0 Å². The average molecular weight is 503 g/mol. The zero-order valence-corrected chi connectivity index (χ0v) is 19.4. The number of hydrogen-bond donors (Lipinski definition) is 2.